The lowest BCUT2D eigenvalue weighted by molar-refractivity contribution is -0.354. The average molecular weight is 194 g/mol. The lowest BCUT2D eigenvalue weighted by atomic mass is 9.51. The van der Waals surface area contributed by atoms with E-state index in [0.717, 1.165) is 13.0 Å². The van der Waals surface area contributed by atoms with Gasteiger partial charge in [0.15, 0.2) is 5.79 Å². The van der Waals surface area contributed by atoms with Crippen molar-refractivity contribution in [1.29, 1.82) is 0 Å². The molecule has 0 spiro atoms. The third-order valence-electron chi connectivity index (χ3n) is 4.82. The molecule has 2 heteroatoms. The molecule has 14 heavy (non-hydrogen) atoms. The summed E-state index contributed by atoms with van der Waals surface area (Å²) >= 11 is 0. The smallest absolute Gasteiger partial charge is 0.171 e. The second kappa shape index (κ2) is 2.61. The molecule has 2 nitrogen and oxygen atoms in total. The molecule has 3 saturated carbocycles. The van der Waals surface area contributed by atoms with Crippen LogP contribution in [-0.4, -0.2) is 19.5 Å². The van der Waals surface area contributed by atoms with Gasteiger partial charge in [0.05, 0.1) is 6.61 Å². The van der Waals surface area contributed by atoms with Gasteiger partial charge in [-0.2, -0.15) is 0 Å². The number of fused-ring (bicyclic) bond motifs is 2. The van der Waals surface area contributed by atoms with E-state index in [1.807, 2.05) is 0 Å². The van der Waals surface area contributed by atoms with E-state index >= 15 is 0 Å². The van der Waals surface area contributed by atoms with E-state index in [4.69, 9.17) is 9.47 Å². The monoisotopic (exact) mass is 194 g/mol. The van der Waals surface area contributed by atoms with E-state index in [9.17, 15) is 0 Å². The molecule has 4 atom stereocenters. The number of rotatable bonds is 2. The Morgan fingerprint density at radius 1 is 1.50 bits per heavy atom. The number of hydrogen-bond acceptors (Lipinski definition) is 2. The zero-order chi connectivity index (χ0) is 9.81. The minimum atomic E-state index is -0.263. The van der Waals surface area contributed by atoms with Crippen molar-refractivity contribution in [3.63, 3.8) is 0 Å². The summed E-state index contributed by atoms with van der Waals surface area (Å²) in [6, 6.07) is 0. The van der Waals surface area contributed by atoms with Gasteiger partial charge in [-0.3, -0.25) is 0 Å². The molecule has 2 saturated heterocycles. The largest absolute Gasteiger partial charge is 0.353 e. The summed E-state index contributed by atoms with van der Waals surface area (Å²) in [5, 5.41) is 0. The van der Waals surface area contributed by atoms with Crippen molar-refractivity contribution in [2.75, 3.05) is 13.7 Å². The summed E-state index contributed by atoms with van der Waals surface area (Å²) in [6.07, 6.45) is 7.02. The van der Waals surface area contributed by atoms with Crippen molar-refractivity contribution in [2.45, 2.75) is 31.5 Å². The highest BCUT2D eigenvalue weighted by molar-refractivity contribution is 5.14. The van der Waals surface area contributed by atoms with Crippen LogP contribution in [0.5, 0.6) is 0 Å². The molecule has 0 amide bonds. The van der Waals surface area contributed by atoms with Gasteiger partial charge in [0.2, 0.25) is 0 Å². The number of hydrogen-bond donors (Lipinski definition) is 0. The summed E-state index contributed by atoms with van der Waals surface area (Å²) in [7, 11) is 1.79. The first-order valence-corrected chi connectivity index (χ1v) is 5.57. The molecule has 0 radical (unpaired) electrons. The van der Waals surface area contributed by atoms with Gasteiger partial charge in [-0.05, 0) is 30.6 Å². The zero-order valence-corrected chi connectivity index (χ0v) is 8.79. The maximum Gasteiger partial charge on any atom is 0.171 e. The molecule has 5 rings (SSSR count). The van der Waals surface area contributed by atoms with Gasteiger partial charge in [0.25, 0.3) is 0 Å². The highest BCUT2D eigenvalue weighted by Crippen LogP contribution is 2.63. The maximum atomic E-state index is 5.90. The molecule has 0 aromatic carbocycles. The molecule has 2 heterocycles. The summed E-state index contributed by atoms with van der Waals surface area (Å²) in [5.74, 6) is 1.07. The van der Waals surface area contributed by atoms with E-state index in [-0.39, 0.29) is 5.79 Å². The van der Waals surface area contributed by atoms with Crippen LogP contribution in [0.3, 0.4) is 0 Å². The quantitative estimate of drug-likeness (QED) is 0.628. The van der Waals surface area contributed by atoms with Crippen LogP contribution in [0.2, 0.25) is 0 Å². The first-order valence-electron chi connectivity index (χ1n) is 5.57. The summed E-state index contributed by atoms with van der Waals surface area (Å²) in [5.41, 5.74) is 0.322. The third-order valence-corrected chi connectivity index (χ3v) is 4.82. The molecule has 3 aliphatic carbocycles. The first-order chi connectivity index (χ1) is 6.75. The number of ether oxygens (including phenoxy) is 2. The third kappa shape index (κ3) is 0.842. The number of allylic oxidation sites excluding steroid dienone is 1. The molecule has 5 fully saturated rings. The maximum absolute atomic E-state index is 5.90. The van der Waals surface area contributed by atoms with E-state index in [2.05, 4.69) is 12.7 Å². The van der Waals surface area contributed by atoms with Crippen molar-refractivity contribution < 1.29 is 9.47 Å². The number of methoxy groups -OCH3 is 1. The van der Waals surface area contributed by atoms with Crippen molar-refractivity contribution in [1.82, 2.24) is 0 Å². The lowest BCUT2D eigenvalue weighted by Gasteiger charge is -2.63. The second-order valence-corrected chi connectivity index (χ2v) is 5.11. The van der Waals surface area contributed by atoms with E-state index in [1.165, 1.54) is 19.3 Å². The normalized spacial score (nSPS) is 54.9. The van der Waals surface area contributed by atoms with Crippen molar-refractivity contribution in [3.8, 4) is 0 Å². The fraction of sp³-hybridized carbons (Fsp3) is 0.833. The van der Waals surface area contributed by atoms with E-state index in [1.54, 1.807) is 7.11 Å². The molecule has 78 valence electrons. The van der Waals surface area contributed by atoms with Gasteiger partial charge in [-0.1, -0.05) is 6.08 Å². The van der Waals surface area contributed by atoms with Crippen LogP contribution in [-0.2, 0) is 9.47 Å². The molecule has 2 aliphatic heterocycles. The molecule has 5 aliphatic rings. The van der Waals surface area contributed by atoms with Crippen molar-refractivity contribution in [3.05, 3.63) is 12.7 Å². The van der Waals surface area contributed by atoms with Gasteiger partial charge in [-0.15, -0.1) is 6.58 Å². The fourth-order valence-corrected chi connectivity index (χ4v) is 3.86. The molecular weight excluding hydrogens is 176 g/mol. The van der Waals surface area contributed by atoms with Crippen LogP contribution in [0.1, 0.15) is 25.7 Å². The summed E-state index contributed by atoms with van der Waals surface area (Å²) in [4.78, 5) is 0. The van der Waals surface area contributed by atoms with Crippen molar-refractivity contribution in [2.24, 2.45) is 17.3 Å². The molecule has 0 unspecified atom stereocenters. The predicted octanol–water partition coefficient (Wildman–Crippen LogP) is 2.35. The van der Waals surface area contributed by atoms with Crippen LogP contribution in [0.25, 0.3) is 0 Å². The van der Waals surface area contributed by atoms with Gasteiger partial charge in [0.1, 0.15) is 0 Å². The van der Waals surface area contributed by atoms with Crippen LogP contribution in [0.15, 0.2) is 12.7 Å². The zero-order valence-electron chi connectivity index (χ0n) is 8.79. The van der Waals surface area contributed by atoms with Crippen LogP contribution in [0, 0.1) is 17.3 Å². The van der Waals surface area contributed by atoms with Gasteiger partial charge >= 0.3 is 0 Å². The Morgan fingerprint density at radius 3 is 3.07 bits per heavy atom. The standard InChI is InChI=1S/C12H18O2/c1-3-11-5-4-9-6-10(11)7-14-12(9,8-11)13-2/h3,9-10H,1,4-8H2,2H3/t9-,10-,11-,12-/m0/s1. The predicted molar refractivity (Wildman–Crippen MR) is 53.8 cm³/mol. The Morgan fingerprint density at radius 2 is 2.36 bits per heavy atom. The van der Waals surface area contributed by atoms with Crippen LogP contribution >= 0.6 is 0 Å². The van der Waals surface area contributed by atoms with Gasteiger partial charge < -0.3 is 9.47 Å². The van der Waals surface area contributed by atoms with Crippen LogP contribution < -0.4 is 0 Å². The second-order valence-electron chi connectivity index (χ2n) is 5.11. The first kappa shape index (κ1) is 8.93. The molecule has 0 aromatic rings. The van der Waals surface area contributed by atoms with Crippen molar-refractivity contribution >= 4 is 0 Å². The van der Waals surface area contributed by atoms with E-state index in [0.29, 0.717) is 17.3 Å². The topological polar surface area (TPSA) is 18.5 Å². The Labute approximate surface area is 85.3 Å². The molecule has 0 aromatic heterocycles. The highest BCUT2D eigenvalue weighted by atomic mass is 16.7. The van der Waals surface area contributed by atoms with Gasteiger partial charge in [-0.25, -0.2) is 0 Å². The average Bonchev–Trinajstić information content (AvgIpc) is 2.29. The Balaban J connectivity index is 2.02. The lowest BCUT2D eigenvalue weighted by Crippen LogP contribution is -2.64. The Kier molecular flexibility index (Phi) is 1.67. The summed E-state index contributed by atoms with van der Waals surface area (Å²) in [6.45, 7) is 4.90. The summed E-state index contributed by atoms with van der Waals surface area (Å²) < 4.78 is 11.6. The fourth-order valence-electron chi connectivity index (χ4n) is 3.86. The van der Waals surface area contributed by atoms with Crippen LogP contribution in [0.4, 0.5) is 0 Å². The minimum Gasteiger partial charge on any atom is -0.353 e. The molecule has 4 bridgehead atoms. The molecular formula is C12H18O2. The SMILES string of the molecule is C=C[C@@]12CC[C@H]3C[C@H]1CO[C@@]3(OC)C2. The molecule has 0 N–H and O–H groups in total. The highest BCUT2D eigenvalue weighted by Gasteiger charge is 2.62. The van der Waals surface area contributed by atoms with Gasteiger partial charge in [0, 0.05) is 19.4 Å². The Bertz CT molecular complexity index is 275. The minimum absolute atomic E-state index is 0.263. The van der Waals surface area contributed by atoms with E-state index < -0.39 is 0 Å². The Hall–Kier alpha value is -0.340.